The maximum atomic E-state index is 12.2. The van der Waals surface area contributed by atoms with E-state index in [0.717, 1.165) is 53.6 Å². The van der Waals surface area contributed by atoms with Crippen LogP contribution in [0.1, 0.15) is 35.1 Å². The number of aromatic hydroxyl groups is 1. The van der Waals surface area contributed by atoms with E-state index in [2.05, 4.69) is 46.7 Å². The largest absolute Gasteiger partial charge is 0.507 e. The third kappa shape index (κ3) is 6.38. The van der Waals surface area contributed by atoms with E-state index in [9.17, 15) is 9.90 Å². The number of carbonyl (C=O) groups is 1. The summed E-state index contributed by atoms with van der Waals surface area (Å²) in [6.07, 6.45) is 9.23. The topological polar surface area (TPSA) is 61.7 Å². The monoisotopic (exact) mass is 504 g/mol. The maximum absolute atomic E-state index is 12.2. The fourth-order valence-electron chi connectivity index (χ4n) is 4.89. The van der Waals surface area contributed by atoms with Crippen LogP contribution in [0, 0.1) is 5.92 Å². The number of rotatable bonds is 8. The number of hydrogen-bond donors (Lipinski definition) is 2. The molecule has 2 aliphatic rings. The third-order valence-corrected chi connectivity index (χ3v) is 7.65. The normalized spacial score (nSPS) is 17.0. The minimum Gasteiger partial charge on any atom is -0.507 e. The number of phenols is 1. The summed E-state index contributed by atoms with van der Waals surface area (Å²) in [5.41, 5.74) is 8.32. The lowest BCUT2D eigenvalue weighted by Crippen LogP contribution is -2.24. The maximum Gasteiger partial charge on any atom is 0.224 e. The number of aliphatic imine (C=N–C) groups is 1. The van der Waals surface area contributed by atoms with Crippen molar-refractivity contribution in [2.24, 2.45) is 10.9 Å². The molecule has 1 atom stereocenters. The van der Waals surface area contributed by atoms with Crippen molar-refractivity contribution in [2.75, 3.05) is 6.54 Å². The van der Waals surface area contributed by atoms with Crippen LogP contribution in [-0.2, 0) is 24.2 Å². The zero-order valence-corrected chi connectivity index (χ0v) is 21.5. The number of nitrogens with zero attached hydrogens (tertiary/aromatic N) is 1. The summed E-state index contributed by atoms with van der Waals surface area (Å²) >= 11 is 1.61. The molecule has 37 heavy (non-hydrogen) atoms. The quantitative estimate of drug-likeness (QED) is 0.382. The second-order valence-electron chi connectivity index (χ2n) is 9.63. The number of para-hydroxylation sites is 1. The second-order valence-corrected chi connectivity index (χ2v) is 10.4. The van der Waals surface area contributed by atoms with Crippen molar-refractivity contribution in [3.63, 3.8) is 0 Å². The first-order valence-electron chi connectivity index (χ1n) is 12.6. The molecule has 0 spiro atoms. The first-order chi connectivity index (χ1) is 18.0. The molecule has 3 aromatic rings. The molecule has 184 valence electrons. The van der Waals surface area contributed by atoms with Crippen LogP contribution in [0.25, 0.3) is 5.57 Å². The summed E-state index contributed by atoms with van der Waals surface area (Å²) in [4.78, 5) is 16.6. The Kier molecular flexibility index (Phi) is 7.86. The number of benzene rings is 2. The van der Waals surface area contributed by atoms with Crippen LogP contribution in [-0.4, -0.2) is 31.6 Å². The van der Waals surface area contributed by atoms with Gasteiger partial charge in [0, 0.05) is 30.8 Å². The lowest BCUT2D eigenvalue weighted by molar-refractivity contribution is -0.120. The molecule has 2 radical (unpaired) electrons. The van der Waals surface area contributed by atoms with Gasteiger partial charge in [-0.3, -0.25) is 9.79 Å². The molecule has 0 fully saturated rings. The predicted molar refractivity (Wildman–Crippen MR) is 153 cm³/mol. The number of dihydropyridines is 1. The molecule has 2 aromatic carbocycles. The number of allylic oxidation sites excluding steroid dienone is 5. The number of fused-ring (bicyclic) bond motifs is 1. The molecule has 1 unspecified atom stereocenters. The number of carbonyl (C=O) groups excluding carboxylic acids is 1. The van der Waals surface area contributed by atoms with Crippen LogP contribution in [0.15, 0.2) is 99.1 Å². The highest BCUT2D eigenvalue weighted by molar-refractivity contribution is 7.08. The van der Waals surface area contributed by atoms with Gasteiger partial charge in [0.25, 0.3) is 0 Å². The van der Waals surface area contributed by atoms with Gasteiger partial charge in [-0.05, 0) is 70.0 Å². The van der Waals surface area contributed by atoms with Gasteiger partial charge in [-0.1, -0.05) is 65.7 Å². The van der Waals surface area contributed by atoms with Crippen LogP contribution in [0.2, 0.25) is 0 Å². The minimum atomic E-state index is 0.0391. The molecule has 5 rings (SSSR count). The lowest BCUT2D eigenvalue weighted by Gasteiger charge is -2.22. The Balaban J connectivity index is 1.24. The zero-order chi connectivity index (χ0) is 25.6. The summed E-state index contributed by atoms with van der Waals surface area (Å²) in [5.74, 6) is 0.557. The number of thiophene rings is 1. The first-order valence-corrected chi connectivity index (χ1v) is 13.5. The van der Waals surface area contributed by atoms with E-state index < -0.39 is 0 Å². The lowest BCUT2D eigenvalue weighted by atomic mass is 9.80. The van der Waals surface area contributed by atoms with E-state index in [0.29, 0.717) is 18.4 Å². The van der Waals surface area contributed by atoms with Crippen LogP contribution in [0.3, 0.4) is 0 Å². The van der Waals surface area contributed by atoms with E-state index in [-0.39, 0.29) is 17.6 Å². The Morgan fingerprint density at radius 3 is 2.62 bits per heavy atom. The van der Waals surface area contributed by atoms with Crippen molar-refractivity contribution in [1.82, 2.24) is 5.32 Å². The zero-order valence-electron chi connectivity index (χ0n) is 20.7. The highest BCUT2D eigenvalue weighted by Gasteiger charge is 2.23. The Bertz CT molecular complexity index is 1380. The number of hydrogen-bond acceptors (Lipinski definition) is 4. The molecule has 2 N–H and O–H groups in total. The van der Waals surface area contributed by atoms with Crippen molar-refractivity contribution in [3.05, 3.63) is 116 Å². The van der Waals surface area contributed by atoms with Gasteiger partial charge in [0.2, 0.25) is 5.91 Å². The van der Waals surface area contributed by atoms with Gasteiger partial charge in [-0.2, -0.15) is 11.3 Å². The van der Waals surface area contributed by atoms with Crippen molar-refractivity contribution in [2.45, 2.75) is 32.2 Å². The summed E-state index contributed by atoms with van der Waals surface area (Å²) in [7, 11) is 6.31. The average molecular weight is 504 g/mol. The molecule has 1 amide bonds. The van der Waals surface area contributed by atoms with Crippen molar-refractivity contribution < 1.29 is 9.90 Å². The molecule has 0 bridgehead atoms. The molecule has 1 aliphatic carbocycles. The highest BCUT2D eigenvalue weighted by atomic mass is 32.1. The van der Waals surface area contributed by atoms with Gasteiger partial charge in [-0.15, -0.1) is 0 Å². The number of aryl methyl sites for hydroxylation is 1. The van der Waals surface area contributed by atoms with Crippen molar-refractivity contribution in [1.29, 1.82) is 0 Å². The Hall–Kier alpha value is -3.64. The molecule has 0 saturated carbocycles. The summed E-state index contributed by atoms with van der Waals surface area (Å²) in [6.45, 7) is 1.26. The molecule has 1 aromatic heterocycles. The van der Waals surface area contributed by atoms with Crippen LogP contribution >= 0.6 is 11.3 Å². The van der Waals surface area contributed by atoms with Gasteiger partial charge < -0.3 is 10.4 Å². The first kappa shape index (κ1) is 25.0. The molecule has 2 heterocycles. The van der Waals surface area contributed by atoms with E-state index in [1.807, 2.05) is 35.0 Å². The number of nitrogens with one attached hydrogen (secondary N) is 1. The molecular formula is C31H29BN2O2S. The SMILES string of the molecule is [B]C1=C2C=C(c3ccccc3O)C=C(CCc3ccc(CNC(=O)Cc4ccsc4)cc3)CC2CN=C1. The van der Waals surface area contributed by atoms with Gasteiger partial charge in [0.15, 0.2) is 0 Å². The Morgan fingerprint density at radius 2 is 1.84 bits per heavy atom. The third-order valence-electron chi connectivity index (χ3n) is 6.92. The van der Waals surface area contributed by atoms with E-state index in [4.69, 9.17) is 7.85 Å². The molecule has 4 nitrogen and oxygen atoms in total. The van der Waals surface area contributed by atoms with Gasteiger partial charge in [0.05, 0.1) is 6.42 Å². The fraction of sp³-hybridized carbons (Fsp3) is 0.226. The molecule has 0 saturated heterocycles. The average Bonchev–Trinajstić information content (AvgIpc) is 3.33. The fourth-order valence-corrected chi connectivity index (χ4v) is 5.55. The molecule has 1 aliphatic heterocycles. The molecular weight excluding hydrogens is 475 g/mol. The predicted octanol–water partition coefficient (Wildman–Crippen LogP) is 5.78. The number of phenolic OH excluding ortho intramolecular Hbond substituents is 1. The van der Waals surface area contributed by atoms with Gasteiger partial charge >= 0.3 is 0 Å². The molecule has 6 heteroatoms. The standard InChI is InChI=1S/C31H29BN2O2S/c32-29-19-33-18-26-14-23(13-25(16-28(26)29)27-3-1-2-4-30(27)35)10-7-21-5-8-22(9-6-21)17-34-31(36)15-24-11-12-37-20-24/h1-6,8-9,11-13,16,19-20,26,35H,7,10,14-15,17-18H2,(H,34,36). The van der Waals surface area contributed by atoms with Crippen LogP contribution in [0.5, 0.6) is 5.75 Å². The van der Waals surface area contributed by atoms with Crippen molar-refractivity contribution in [3.8, 4) is 5.75 Å². The Morgan fingerprint density at radius 1 is 1.03 bits per heavy atom. The van der Waals surface area contributed by atoms with Gasteiger partial charge in [0.1, 0.15) is 13.6 Å². The highest BCUT2D eigenvalue weighted by Crippen LogP contribution is 2.37. The minimum absolute atomic E-state index is 0.0391. The summed E-state index contributed by atoms with van der Waals surface area (Å²) in [5, 5.41) is 17.5. The second kappa shape index (κ2) is 11.6. The van der Waals surface area contributed by atoms with Crippen LogP contribution < -0.4 is 5.32 Å². The summed E-state index contributed by atoms with van der Waals surface area (Å²) in [6, 6.07) is 17.9. The van der Waals surface area contributed by atoms with E-state index >= 15 is 0 Å². The van der Waals surface area contributed by atoms with E-state index in [1.165, 1.54) is 11.1 Å². The Labute approximate surface area is 223 Å². The van der Waals surface area contributed by atoms with Gasteiger partial charge in [-0.25, -0.2) is 0 Å². The van der Waals surface area contributed by atoms with Crippen molar-refractivity contribution >= 4 is 36.9 Å². The smallest absolute Gasteiger partial charge is 0.224 e. The van der Waals surface area contributed by atoms with Crippen LogP contribution in [0.4, 0.5) is 0 Å². The van der Waals surface area contributed by atoms with E-state index in [1.54, 1.807) is 23.6 Å². The number of amides is 1. The summed E-state index contributed by atoms with van der Waals surface area (Å²) < 4.78 is 0.